The van der Waals surface area contributed by atoms with Crippen LogP contribution in [0.1, 0.15) is 11.9 Å². The minimum atomic E-state index is -5.77. The molecular weight excluding hydrogens is 533 g/mol. The van der Waals surface area contributed by atoms with Gasteiger partial charge in [0.1, 0.15) is 24.4 Å². The topological polar surface area (TPSA) is 299 Å². The van der Waals surface area contributed by atoms with E-state index in [0.717, 1.165) is 4.68 Å². The summed E-state index contributed by atoms with van der Waals surface area (Å²) in [7, 11) is -15.6. The molecule has 2 aromatic heterocycles. The lowest BCUT2D eigenvalue weighted by Gasteiger charge is -2.19. The average molecular weight is 548 g/mol. The van der Waals surface area contributed by atoms with Crippen LogP contribution in [0.15, 0.2) is 4.79 Å². The van der Waals surface area contributed by atoms with Crippen LogP contribution in [0.5, 0.6) is 0 Å². The van der Waals surface area contributed by atoms with Crippen molar-refractivity contribution in [2.45, 2.75) is 24.5 Å². The number of aromatic nitrogens is 5. The Bertz CT molecular complexity index is 1350. The molecule has 0 aliphatic carbocycles. The first-order chi connectivity index (χ1) is 15.6. The Kier molecular flexibility index (Phi) is 7.26. The maximum absolute atomic E-state index is 12.8. The van der Waals surface area contributed by atoms with Crippen LogP contribution in [0.4, 0.5) is 0 Å². The Morgan fingerprint density at radius 1 is 1.12 bits per heavy atom. The zero-order valence-corrected chi connectivity index (χ0v) is 19.2. The van der Waals surface area contributed by atoms with Crippen molar-refractivity contribution in [3.63, 3.8) is 0 Å². The largest absolute Gasteiger partial charge is 0.490 e. The lowest BCUT2D eigenvalue weighted by Crippen LogP contribution is -2.37. The van der Waals surface area contributed by atoms with Crippen molar-refractivity contribution in [2.24, 2.45) is 7.05 Å². The molecule has 0 radical (unpaired) electrons. The Morgan fingerprint density at radius 3 is 2.35 bits per heavy atom. The molecular formula is C11H15N6O14P3. The highest BCUT2D eigenvalue weighted by Gasteiger charge is 2.47. The van der Waals surface area contributed by atoms with Crippen LogP contribution in [0, 0.1) is 11.3 Å². The lowest BCUT2D eigenvalue weighted by atomic mass is 10.1. The molecule has 1 aliphatic heterocycles. The summed E-state index contributed by atoms with van der Waals surface area (Å²) in [6.07, 6.45) is -7.06. The van der Waals surface area contributed by atoms with E-state index in [1.165, 1.54) is 7.05 Å². The van der Waals surface area contributed by atoms with E-state index >= 15 is 0 Å². The minimum Gasteiger partial charge on any atom is -0.387 e. The van der Waals surface area contributed by atoms with Crippen molar-refractivity contribution >= 4 is 34.5 Å². The average Bonchev–Trinajstić information content (AvgIpc) is 3.15. The molecule has 0 aromatic carbocycles. The molecule has 0 saturated carbocycles. The van der Waals surface area contributed by atoms with Crippen LogP contribution in [0.25, 0.3) is 11.0 Å². The summed E-state index contributed by atoms with van der Waals surface area (Å²) in [5, 5.41) is 40.4. The number of phosphoric ester groups is 1. The van der Waals surface area contributed by atoms with Gasteiger partial charge in [-0.25, -0.2) is 13.7 Å². The number of aliphatic hydroxyl groups excluding tert-OH is 2. The third-order valence-corrected chi connectivity index (χ3v) is 7.98. The summed E-state index contributed by atoms with van der Waals surface area (Å²) in [6, 6.07) is 1.72. The minimum absolute atomic E-state index is 0.136. The maximum atomic E-state index is 12.8. The van der Waals surface area contributed by atoms with E-state index in [0.29, 0.717) is 4.68 Å². The zero-order chi connectivity index (χ0) is 25.6. The summed E-state index contributed by atoms with van der Waals surface area (Å²) in [6.45, 7) is -1.09. The summed E-state index contributed by atoms with van der Waals surface area (Å²) in [5.41, 5.74) is -1.45. The van der Waals surface area contributed by atoms with Gasteiger partial charge in [0.05, 0.1) is 6.61 Å². The van der Waals surface area contributed by atoms with Gasteiger partial charge in [0, 0.05) is 7.05 Å². The van der Waals surface area contributed by atoms with Gasteiger partial charge in [-0.1, -0.05) is 5.21 Å². The Labute approximate surface area is 186 Å². The van der Waals surface area contributed by atoms with Gasteiger partial charge in [-0.3, -0.25) is 14.0 Å². The number of ether oxygens (including phenoxy) is 1. The van der Waals surface area contributed by atoms with E-state index in [2.05, 4.69) is 28.6 Å². The van der Waals surface area contributed by atoms with E-state index in [-0.39, 0.29) is 16.7 Å². The third-order valence-electron chi connectivity index (χ3n) is 4.18. The van der Waals surface area contributed by atoms with Gasteiger partial charge < -0.3 is 34.5 Å². The van der Waals surface area contributed by atoms with Gasteiger partial charge in [0.25, 0.3) is 5.56 Å². The highest BCUT2D eigenvalue weighted by Crippen LogP contribution is 2.66. The molecule has 3 rings (SSSR count). The maximum Gasteiger partial charge on any atom is 0.490 e. The van der Waals surface area contributed by atoms with Crippen molar-refractivity contribution < 1.29 is 61.4 Å². The molecule has 20 nitrogen and oxygen atoms in total. The van der Waals surface area contributed by atoms with Crippen LogP contribution in [-0.2, 0) is 38.6 Å². The van der Waals surface area contributed by atoms with Crippen LogP contribution in [0.3, 0.4) is 0 Å². The molecule has 1 saturated heterocycles. The lowest BCUT2D eigenvalue weighted by molar-refractivity contribution is -0.0611. The number of nitrogens with zero attached hydrogens (tertiary/aromatic N) is 6. The van der Waals surface area contributed by atoms with Crippen molar-refractivity contribution in [3.8, 4) is 6.07 Å². The summed E-state index contributed by atoms with van der Waals surface area (Å²) in [4.78, 5) is 48.4. The van der Waals surface area contributed by atoms with Gasteiger partial charge in [-0.15, -0.1) is 5.10 Å². The van der Waals surface area contributed by atoms with Gasteiger partial charge in [0.15, 0.2) is 23.0 Å². The molecule has 23 heteroatoms. The number of nitriles is 1. The number of phosphoric acid groups is 3. The fourth-order valence-electron chi connectivity index (χ4n) is 2.87. The summed E-state index contributed by atoms with van der Waals surface area (Å²) in [5.74, 6) is 0. The second kappa shape index (κ2) is 9.26. The smallest absolute Gasteiger partial charge is 0.387 e. The van der Waals surface area contributed by atoms with Crippen LogP contribution in [0.2, 0.25) is 0 Å². The number of aliphatic hydroxyl groups is 2. The fraction of sp³-hybridized carbons (Fsp3) is 0.545. The van der Waals surface area contributed by atoms with E-state index in [4.69, 9.17) is 24.7 Å². The Hall–Kier alpha value is -1.94. The number of aryl methyl sites for hydroxylation is 1. The molecule has 0 spiro atoms. The zero-order valence-electron chi connectivity index (χ0n) is 16.5. The second-order valence-corrected chi connectivity index (χ2v) is 11.0. The Morgan fingerprint density at radius 2 is 1.76 bits per heavy atom. The predicted molar refractivity (Wildman–Crippen MR) is 101 cm³/mol. The third kappa shape index (κ3) is 5.64. The highest BCUT2D eigenvalue weighted by atomic mass is 31.3. The van der Waals surface area contributed by atoms with E-state index in [9.17, 15) is 33.6 Å². The first kappa shape index (κ1) is 26.7. The molecule has 0 amide bonds. The van der Waals surface area contributed by atoms with E-state index < -0.39 is 60.2 Å². The molecule has 34 heavy (non-hydrogen) atoms. The van der Waals surface area contributed by atoms with Crippen LogP contribution in [-0.4, -0.2) is 79.5 Å². The SMILES string of the molecule is Cn1nc(C#N)c2nnn(C3OC(COP(=O)(O)OP(=O)(O)OP(=O)(O)O)C(O)C3O)c(=O)c21. The van der Waals surface area contributed by atoms with Crippen molar-refractivity contribution in [3.05, 3.63) is 16.0 Å². The molecule has 0 bridgehead atoms. The molecule has 1 fully saturated rings. The number of hydrogen-bond acceptors (Lipinski definition) is 14. The normalized spacial score (nSPS) is 26.8. The number of rotatable bonds is 8. The van der Waals surface area contributed by atoms with Crippen LogP contribution >= 0.6 is 23.5 Å². The van der Waals surface area contributed by atoms with Gasteiger partial charge in [0.2, 0.25) is 0 Å². The molecule has 6 N–H and O–H groups in total. The highest BCUT2D eigenvalue weighted by molar-refractivity contribution is 7.66. The van der Waals surface area contributed by atoms with Gasteiger partial charge >= 0.3 is 23.5 Å². The quantitative estimate of drug-likeness (QED) is 0.184. The monoisotopic (exact) mass is 548 g/mol. The van der Waals surface area contributed by atoms with Crippen molar-refractivity contribution in [2.75, 3.05) is 6.61 Å². The Balaban J connectivity index is 1.76. The van der Waals surface area contributed by atoms with Gasteiger partial charge in [-0.05, 0) is 0 Å². The fourth-order valence-corrected chi connectivity index (χ4v) is 5.90. The van der Waals surface area contributed by atoms with E-state index in [1.807, 2.05) is 0 Å². The van der Waals surface area contributed by atoms with Crippen molar-refractivity contribution in [1.29, 1.82) is 5.26 Å². The predicted octanol–water partition coefficient (Wildman–Crippen LogP) is -2.64. The summed E-state index contributed by atoms with van der Waals surface area (Å²) >= 11 is 0. The molecule has 6 unspecified atom stereocenters. The number of fused-ring (bicyclic) bond motifs is 1. The molecule has 3 heterocycles. The first-order valence-corrected chi connectivity index (χ1v) is 13.1. The number of hydrogen-bond donors (Lipinski definition) is 6. The first-order valence-electron chi connectivity index (χ1n) is 8.57. The molecule has 2 aromatic rings. The standard InChI is InChI=1S/C11H15N6O14P3/c1-16-7-6(4(2-12)14-16)13-15-17(10(7)20)11-9(19)8(18)5(29-11)3-28-33(24,25)31-34(26,27)30-32(21,22)23/h5,8-9,11,18-19H,3H2,1H3,(H,24,25)(H,26,27)(H2,21,22,23). The molecule has 188 valence electrons. The molecule has 6 atom stereocenters. The second-order valence-electron chi connectivity index (χ2n) is 6.55. The van der Waals surface area contributed by atoms with Crippen LogP contribution < -0.4 is 5.56 Å². The molecule has 1 aliphatic rings. The van der Waals surface area contributed by atoms with Gasteiger partial charge in [-0.2, -0.15) is 23.7 Å². The summed E-state index contributed by atoms with van der Waals surface area (Å²) < 4.78 is 52.0. The van der Waals surface area contributed by atoms with E-state index in [1.54, 1.807) is 6.07 Å². The van der Waals surface area contributed by atoms with Crippen molar-refractivity contribution in [1.82, 2.24) is 24.8 Å².